The van der Waals surface area contributed by atoms with Crippen LogP contribution in [0, 0.1) is 5.92 Å². The first-order chi connectivity index (χ1) is 8.95. The third-order valence-corrected chi connectivity index (χ3v) is 5.49. The molecule has 0 spiro atoms. The van der Waals surface area contributed by atoms with E-state index in [1.165, 1.54) is 0 Å². The molecule has 0 amide bonds. The highest BCUT2D eigenvalue weighted by Crippen LogP contribution is 2.19. The van der Waals surface area contributed by atoms with Crippen LogP contribution in [-0.2, 0) is 14.8 Å². The molecule has 5 nitrogen and oxygen atoms in total. The first kappa shape index (κ1) is 16.9. The van der Waals surface area contributed by atoms with Gasteiger partial charge in [0.05, 0.1) is 5.75 Å². The highest BCUT2D eigenvalue weighted by atomic mass is 32.2. The summed E-state index contributed by atoms with van der Waals surface area (Å²) in [4.78, 5) is 0. The molecule has 1 saturated heterocycles. The number of sulfonamides is 1. The van der Waals surface area contributed by atoms with E-state index >= 15 is 0 Å². The van der Waals surface area contributed by atoms with Gasteiger partial charge in [0.25, 0.3) is 0 Å². The summed E-state index contributed by atoms with van der Waals surface area (Å²) in [5.41, 5.74) is 0. The summed E-state index contributed by atoms with van der Waals surface area (Å²) in [7, 11) is -1.48. The van der Waals surface area contributed by atoms with Crippen molar-refractivity contribution in [3.8, 4) is 0 Å². The molecular formula is C13H28N2O3S. The van der Waals surface area contributed by atoms with E-state index < -0.39 is 10.0 Å². The van der Waals surface area contributed by atoms with E-state index in [9.17, 15) is 8.42 Å². The first-order valence-corrected chi connectivity index (χ1v) is 8.76. The van der Waals surface area contributed by atoms with Gasteiger partial charge in [-0.2, -0.15) is 0 Å². The van der Waals surface area contributed by atoms with Crippen LogP contribution >= 0.6 is 0 Å². The summed E-state index contributed by atoms with van der Waals surface area (Å²) in [6, 6.07) is 0.496. The lowest BCUT2D eigenvalue weighted by atomic mass is 9.98. The highest BCUT2D eigenvalue weighted by molar-refractivity contribution is 7.89. The molecule has 0 aliphatic carbocycles. The normalized spacial score (nSPS) is 19.2. The van der Waals surface area contributed by atoms with Crippen molar-refractivity contribution in [2.24, 2.45) is 5.92 Å². The molecule has 1 aliphatic heterocycles. The second kappa shape index (κ2) is 8.19. The van der Waals surface area contributed by atoms with E-state index in [0.29, 0.717) is 38.1 Å². The van der Waals surface area contributed by atoms with Crippen LogP contribution in [0.2, 0.25) is 0 Å². The molecule has 0 radical (unpaired) electrons. The Balaban J connectivity index is 2.32. The standard InChI is InChI=1S/C13H28N2O3S/c1-12(2)14-11-13-5-7-15(8-6-13)19(16,17)10-4-9-18-3/h12-14H,4-11H2,1-3H3. The molecule has 1 rings (SSSR count). The zero-order chi connectivity index (χ0) is 14.3. The number of hydrogen-bond acceptors (Lipinski definition) is 4. The number of nitrogens with one attached hydrogen (secondary N) is 1. The summed E-state index contributed by atoms with van der Waals surface area (Å²) >= 11 is 0. The lowest BCUT2D eigenvalue weighted by Crippen LogP contribution is -2.42. The lowest BCUT2D eigenvalue weighted by Gasteiger charge is -2.31. The minimum absolute atomic E-state index is 0.204. The maximum absolute atomic E-state index is 12.1. The summed E-state index contributed by atoms with van der Waals surface area (Å²) < 4.78 is 30.7. The number of rotatable bonds is 8. The van der Waals surface area contributed by atoms with Crippen LogP contribution in [0.3, 0.4) is 0 Å². The maximum Gasteiger partial charge on any atom is 0.214 e. The van der Waals surface area contributed by atoms with Crippen molar-refractivity contribution in [1.29, 1.82) is 0 Å². The van der Waals surface area contributed by atoms with E-state index in [1.54, 1.807) is 11.4 Å². The number of hydrogen-bond donors (Lipinski definition) is 1. The third kappa shape index (κ3) is 6.21. The van der Waals surface area contributed by atoms with Gasteiger partial charge in [0.2, 0.25) is 10.0 Å². The fourth-order valence-corrected chi connectivity index (χ4v) is 3.82. The van der Waals surface area contributed by atoms with Crippen molar-refractivity contribution in [2.75, 3.05) is 39.1 Å². The topological polar surface area (TPSA) is 58.6 Å². The quantitative estimate of drug-likeness (QED) is 0.680. The van der Waals surface area contributed by atoms with Crippen molar-refractivity contribution in [3.63, 3.8) is 0 Å². The summed E-state index contributed by atoms with van der Waals surface area (Å²) in [6.07, 6.45) is 2.50. The van der Waals surface area contributed by atoms with Crippen molar-refractivity contribution in [3.05, 3.63) is 0 Å². The molecule has 0 aromatic carbocycles. The Labute approximate surface area is 117 Å². The van der Waals surface area contributed by atoms with Gasteiger partial charge in [0.1, 0.15) is 0 Å². The second-order valence-corrected chi connectivity index (χ2v) is 7.66. The predicted molar refractivity (Wildman–Crippen MR) is 77.7 cm³/mol. The van der Waals surface area contributed by atoms with Gasteiger partial charge in [-0.05, 0) is 31.7 Å². The average molecular weight is 292 g/mol. The molecule has 0 saturated carbocycles. The van der Waals surface area contributed by atoms with Crippen molar-refractivity contribution < 1.29 is 13.2 Å². The van der Waals surface area contributed by atoms with E-state index in [0.717, 1.165) is 19.4 Å². The van der Waals surface area contributed by atoms with Gasteiger partial charge >= 0.3 is 0 Å². The molecule has 1 heterocycles. The monoisotopic (exact) mass is 292 g/mol. The van der Waals surface area contributed by atoms with Crippen LogP contribution in [0.25, 0.3) is 0 Å². The highest BCUT2D eigenvalue weighted by Gasteiger charge is 2.27. The molecule has 1 N–H and O–H groups in total. The van der Waals surface area contributed by atoms with Crippen molar-refractivity contribution >= 4 is 10.0 Å². The molecule has 0 unspecified atom stereocenters. The smallest absolute Gasteiger partial charge is 0.214 e. The SMILES string of the molecule is COCCCS(=O)(=O)N1CCC(CNC(C)C)CC1. The van der Waals surface area contributed by atoms with Gasteiger partial charge in [-0.15, -0.1) is 0 Å². The van der Waals surface area contributed by atoms with Crippen molar-refractivity contribution in [2.45, 2.75) is 39.2 Å². The first-order valence-electron chi connectivity index (χ1n) is 7.16. The molecule has 1 fully saturated rings. The van der Waals surface area contributed by atoms with Gasteiger partial charge in [0, 0.05) is 32.8 Å². The van der Waals surface area contributed by atoms with E-state index in [2.05, 4.69) is 19.2 Å². The lowest BCUT2D eigenvalue weighted by molar-refractivity contribution is 0.198. The van der Waals surface area contributed by atoms with Gasteiger partial charge in [-0.1, -0.05) is 13.8 Å². The molecule has 6 heteroatoms. The summed E-state index contributed by atoms with van der Waals surface area (Å²) in [6.45, 7) is 7.10. The molecule has 0 aromatic rings. The Morgan fingerprint density at radius 3 is 2.47 bits per heavy atom. The molecule has 114 valence electrons. The molecule has 0 atom stereocenters. The maximum atomic E-state index is 12.1. The number of methoxy groups -OCH3 is 1. The Bertz CT molecular complexity index is 336. The Morgan fingerprint density at radius 2 is 1.95 bits per heavy atom. The fraction of sp³-hybridized carbons (Fsp3) is 1.00. The molecule has 1 aliphatic rings. The van der Waals surface area contributed by atoms with Crippen LogP contribution in [0.1, 0.15) is 33.1 Å². The van der Waals surface area contributed by atoms with Gasteiger partial charge < -0.3 is 10.1 Å². The summed E-state index contributed by atoms with van der Waals surface area (Å²) in [5.74, 6) is 0.809. The van der Waals surface area contributed by atoms with E-state index in [4.69, 9.17) is 4.74 Å². The predicted octanol–water partition coefficient (Wildman–Crippen LogP) is 1.06. The number of piperidine rings is 1. The second-order valence-electron chi connectivity index (χ2n) is 5.57. The van der Waals surface area contributed by atoms with E-state index in [-0.39, 0.29) is 5.75 Å². The summed E-state index contributed by atoms with van der Waals surface area (Å²) in [5, 5.41) is 3.43. The molecule has 19 heavy (non-hydrogen) atoms. The van der Waals surface area contributed by atoms with Crippen molar-refractivity contribution in [1.82, 2.24) is 9.62 Å². The van der Waals surface area contributed by atoms with Crippen LogP contribution in [0.4, 0.5) is 0 Å². The third-order valence-electron chi connectivity index (χ3n) is 3.53. The van der Waals surface area contributed by atoms with Gasteiger partial charge in [0.15, 0.2) is 0 Å². The fourth-order valence-electron chi connectivity index (χ4n) is 2.31. The molecule has 0 bridgehead atoms. The minimum Gasteiger partial charge on any atom is -0.385 e. The van der Waals surface area contributed by atoms with Crippen LogP contribution in [0.5, 0.6) is 0 Å². The van der Waals surface area contributed by atoms with Gasteiger partial charge in [-0.25, -0.2) is 12.7 Å². The van der Waals surface area contributed by atoms with Crippen LogP contribution in [0.15, 0.2) is 0 Å². The number of ether oxygens (including phenoxy) is 1. The zero-order valence-electron chi connectivity index (χ0n) is 12.4. The zero-order valence-corrected chi connectivity index (χ0v) is 13.2. The average Bonchev–Trinajstić information content (AvgIpc) is 2.37. The molecule has 0 aromatic heterocycles. The molecular weight excluding hydrogens is 264 g/mol. The minimum atomic E-state index is -3.08. The van der Waals surface area contributed by atoms with Crippen LogP contribution in [-0.4, -0.2) is 57.9 Å². The van der Waals surface area contributed by atoms with Crippen LogP contribution < -0.4 is 5.32 Å². The van der Waals surface area contributed by atoms with Gasteiger partial charge in [-0.3, -0.25) is 0 Å². The Hall–Kier alpha value is -0.170. The number of nitrogens with zero attached hydrogens (tertiary/aromatic N) is 1. The largest absolute Gasteiger partial charge is 0.385 e. The Morgan fingerprint density at radius 1 is 1.32 bits per heavy atom. The Kier molecular flexibility index (Phi) is 7.28. The van der Waals surface area contributed by atoms with E-state index in [1.807, 2.05) is 0 Å².